The quantitative estimate of drug-likeness (QED) is 0.721. The van der Waals surface area contributed by atoms with E-state index in [0.29, 0.717) is 0 Å². The highest BCUT2D eigenvalue weighted by molar-refractivity contribution is 7.14. The van der Waals surface area contributed by atoms with Gasteiger partial charge in [-0.2, -0.15) is 0 Å². The number of nitrogens with one attached hydrogen (secondary N) is 1. The number of aromatic nitrogens is 1. The van der Waals surface area contributed by atoms with Crippen LogP contribution in [0.3, 0.4) is 0 Å². The number of nitrogens with zero attached hydrogens (tertiary/aromatic N) is 1. The second-order valence-electron chi connectivity index (χ2n) is 5.51. The van der Waals surface area contributed by atoms with E-state index < -0.39 is 0 Å². The molecule has 0 radical (unpaired) electrons. The van der Waals surface area contributed by atoms with Crippen LogP contribution >= 0.6 is 11.3 Å². The molecule has 0 bridgehead atoms. The summed E-state index contributed by atoms with van der Waals surface area (Å²) in [6.45, 7) is 0. The van der Waals surface area contributed by atoms with Crippen LogP contribution < -0.4 is 5.32 Å². The van der Waals surface area contributed by atoms with Gasteiger partial charge in [-0.15, -0.1) is 11.3 Å². The van der Waals surface area contributed by atoms with Gasteiger partial charge < -0.3 is 5.32 Å². The third-order valence-corrected chi connectivity index (χ3v) is 4.75. The lowest BCUT2D eigenvalue weighted by Gasteiger charge is -2.03. The lowest BCUT2D eigenvalue weighted by molar-refractivity contribution is 0.628. The van der Waals surface area contributed by atoms with E-state index in [9.17, 15) is 4.39 Å². The molecule has 1 aromatic heterocycles. The molecule has 4 heteroatoms. The first kappa shape index (κ1) is 13.5. The minimum atomic E-state index is -0.233. The normalized spacial score (nSPS) is 13.1. The van der Waals surface area contributed by atoms with E-state index >= 15 is 0 Å². The third-order valence-electron chi connectivity index (χ3n) is 3.99. The van der Waals surface area contributed by atoms with Gasteiger partial charge in [0.15, 0.2) is 5.13 Å². The van der Waals surface area contributed by atoms with Crippen molar-refractivity contribution in [3.8, 4) is 11.3 Å². The summed E-state index contributed by atoms with van der Waals surface area (Å²) in [5.41, 5.74) is 5.94. The second-order valence-corrected chi connectivity index (χ2v) is 6.36. The molecule has 1 aliphatic carbocycles. The third kappa shape index (κ3) is 2.62. The Morgan fingerprint density at radius 1 is 1.00 bits per heavy atom. The molecule has 3 aromatic rings. The number of benzene rings is 2. The maximum Gasteiger partial charge on any atom is 0.187 e. The SMILES string of the molecule is Fc1ccc(Nc2nc(-c3ccc4c(c3)CCC4)cs2)cc1. The standard InChI is InChI=1S/C18H15FN2S/c19-15-6-8-16(9-7-15)20-18-21-17(11-22-18)14-5-4-12-2-1-3-13(12)10-14/h4-11H,1-3H2,(H,20,21). The molecule has 0 saturated carbocycles. The first-order chi connectivity index (χ1) is 10.8. The van der Waals surface area contributed by atoms with Gasteiger partial charge >= 0.3 is 0 Å². The molecule has 22 heavy (non-hydrogen) atoms. The molecule has 4 rings (SSSR count). The molecule has 0 spiro atoms. The Morgan fingerprint density at radius 3 is 2.68 bits per heavy atom. The van der Waals surface area contributed by atoms with Crippen LogP contribution in [-0.4, -0.2) is 4.98 Å². The Labute approximate surface area is 132 Å². The Kier molecular flexibility index (Phi) is 3.39. The molecule has 1 N–H and O–H groups in total. The summed E-state index contributed by atoms with van der Waals surface area (Å²) in [4.78, 5) is 4.64. The first-order valence-corrected chi connectivity index (χ1v) is 8.26. The number of hydrogen-bond acceptors (Lipinski definition) is 3. The van der Waals surface area contributed by atoms with Crippen molar-refractivity contribution in [2.45, 2.75) is 19.3 Å². The van der Waals surface area contributed by atoms with Crippen molar-refractivity contribution in [1.82, 2.24) is 4.98 Å². The van der Waals surface area contributed by atoms with Crippen LogP contribution in [0.5, 0.6) is 0 Å². The predicted molar refractivity (Wildman–Crippen MR) is 89.3 cm³/mol. The monoisotopic (exact) mass is 310 g/mol. The highest BCUT2D eigenvalue weighted by Crippen LogP contribution is 2.31. The van der Waals surface area contributed by atoms with Crippen molar-refractivity contribution in [2.75, 3.05) is 5.32 Å². The smallest absolute Gasteiger partial charge is 0.187 e. The van der Waals surface area contributed by atoms with Gasteiger partial charge in [0.25, 0.3) is 0 Å². The van der Waals surface area contributed by atoms with Crippen molar-refractivity contribution < 1.29 is 4.39 Å². The Morgan fingerprint density at radius 2 is 1.82 bits per heavy atom. The fourth-order valence-electron chi connectivity index (χ4n) is 2.85. The molecule has 1 heterocycles. The van der Waals surface area contributed by atoms with E-state index in [1.807, 2.05) is 0 Å². The maximum atomic E-state index is 12.9. The van der Waals surface area contributed by atoms with Gasteiger partial charge in [0, 0.05) is 16.6 Å². The molecule has 0 atom stereocenters. The molecule has 110 valence electrons. The van der Waals surface area contributed by atoms with Gasteiger partial charge in [-0.1, -0.05) is 12.1 Å². The van der Waals surface area contributed by atoms with Crippen LogP contribution in [0.15, 0.2) is 47.8 Å². The van der Waals surface area contributed by atoms with E-state index in [2.05, 4.69) is 33.9 Å². The lowest BCUT2D eigenvalue weighted by Crippen LogP contribution is -1.90. The van der Waals surface area contributed by atoms with Crippen LogP contribution in [0, 0.1) is 5.82 Å². The molecule has 0 fully saturated rings. The largest absolute Gasteiger partial charge is 0.332 e. The molecular formula is C18H15FN2S. The fraction of sp³-hybridized carbons (Fsp3) is 0.167. The second kappa shape index (κ2) is 5.54. The minimum Gasteiger partial charge on any atom is -0.332 e. The van der Waals surface area contributed by atoms with Crippen LogP contribution in [0.25, 0.3) is 11.3 Å². The Balaban J connectivity index is 1.57. The molecule has 0 unspecified atom stereocenters. The highest BCUT2D eigenvalue weighted by Gasteiger charge is 2.12. The van der Waals surface area contributed by atoms with Gasteiger partial charge in [0.05, 0.1) is 5.69 Å². The average Bonchev–Trinajstić information content (AvgIpc) is 3.17. The molecule has 0 amide bonds. The molecule has 1 aliphatic rings. The number of thiazole rings is 1. The molecule has 0 aliphatic heterocycles. The number of halogens is 1. The predicted octanol–water partition coefficient (Wildman–Crippen LogP) is 5.18. The summed E-state index contributed by atoms with van der Waals surface area (Å²) in [6, 6.07) is 13.0. The molecule has 2 nitrogen and oxygen atoms in total. The maximum absolute atomic E-state index is 12.9. The highest BCUT2D eigenvalue weighted by atomic mass is 32.1. The van der Waals surface area contributed by atoms with E-state index in [4.69, 9.17) is 0 Å². The average molecular weight is 310 g/mol. The summed E-state index contributed by atoms with van der Waals surface area (Å²) in [5, 5.41) is 6.09. The zero-order chi connectivity index (χ0) is 14.9. The summed E-state index contributed by atoms with van der Waals surface area (Å²) >= 11 is 1.56. The summed E-state index contributed by atoms with van der Waals surface area (Å²) < 4.78 is 12.9. The molecule has 2 aromatic carbocycles. The number of rotatable bonds is 3. The summed E-state index contributed by atoms with van der Waals surface area (Å²) in [5.74, 6) is -0.233. The molecule has 0 saturated heterocycles. The van der Waals surface area contributed by atoms with Crippen molar-refractivity contribution >= 4 is 22.2 Å². The zero-order valence-electron chi connectivity index (χ0n) is 12.0. The van der Waals surface area contributed by atoms with Gasteiger partial charge in [-0.25, -0.2) is 9.37 Å². The molecular weight excluding hydrogens is 295 g/mol. The van der Waals surface area contributed by atoms with Crippen molar-refractivity contribution in [3.05, 3.63) is 64.8 Å². The minimum absolute atomic E-state index is 0.233. The van der Waals surface area contributed by atoms with Crippen molar-refractivity contribution in [1.29, 1.82) is 0 Å². The number of anilines is 2. The Hall–Kier alpha value is -2.20. The zero-order valence-corrected chi connectivity index (χ0v) is 12.8. The number of aryl methyl sites for hydroxylation is 2. The van der Waals surface area contributed by atoms with Crippen LogP contribution in [-0.2, 0) is 12.8 Å². The van der Waals surface area contributed by atoms with Crippen LogP contribution in [0.1, 0.15) is 17.5 Å². The van der Waals surface area contributed by atoms with Crippen molar-refractivity contribution in [3.63, 3.8) is 0 Å². The van der Waals surface area contributed by atoms with Crippen LogP contribution in [0.4, 0.5) is 15.2 Å². The van der Waals surface area contributed by atoms with E-state index in [1.54, 1.807) is 23.5 Å². The fourth-order valence-corrected chi connectivity index (χ4v) is 3.59. The summed E-state index contributed by atoms with van der Waals surface area (Å²) in [6.07, 6.45) is 3.63. The number of hydrogen-bond donors (Lipinski definition) is 1. The number of fused-ring (bicyclic) bond motifs is 1. The van der Waals surface area contributed by atoms with E-state index in [1.165, 1.54) is 48.1 Å². The van der Waals surface area contributed by atoms with Crippen molar-refractivity contribution in [2.24, 2.45) is 0 Å². The van der Waals surface area contributed by atoms with Gasteiger partial charge in [-0.3, -0.25) is 0 Å². The topological polar surface area (TPSA) is 24.9 Å². The summed E-state index contributed by atoms with van der Waals surface area (Å²) in [7, 11) is 0. The van der Waals surface area contributed by atoms with E-state index in [-0.39, 0.29) is 5.82 Å². The Bertz CT molecular complexity index is 808. The van der Waals surface area contributed by atoms with Crippen LogP contribution in [0.2, 0.25) is 0 Å². The van der Waals surface area contributed by atoms with Gasteiger partial charge in [0.2, 0.25) is 0 Å². The van der Waals surface area contributed by atoms with Gasteiger partial charge in [0.1, 0.15) is 5.82 Å². The lowest BCUT2D eigenvalue weighted by atomic mass is 10.1. The van der Waals surface area contributed by atoms with Gasteiger partial charge in [-0.05, 0) is 60.7 Å². The van der Waals surface area contributed by atoms with E-state index in [0.717, 1.165) is 16.5 Å². The first-order valence-electron chi connectivity index (χ1n) is 7.38.